The van der Waals surface area contributed by atoms with Gasteiger partial charge >= 0.3 is 5.97 Å². The molecule has 0 radical (unpaired) electrons. The van der Waals surface area contributed by atoms with Gasteiger partial charge in [-0.25, -0.2) is 4.79 Å². The predicted octanol–water partition coefficient (Wildman–Crippen LogP) is -1.87. The monoisotopic (exact) mass is 394 g/mol. The summed E-state index contributed by atoms with van der Waals surface area (Å²) in [6.45, 7) is 2.10. The summed E-state index contributed by atoms with van der Waals surface area (Å²) in [5.41, 5.74) is 6.18. The fraction of sp³-hybridized carbons (Fsp3) is 0.444. The lowest BCUT2D eigenvalue weighted by Gasteiger charge is -2.23. The van der Waals surface area contributed by atoms with Crippen molar-refractivity contribution in [1.82, 2.24) is 16.0 Å². The van der Waals surface area contributed by atoms with Crippen LogP contribution >= 0.6 is 0 Å². The summed E-state index contributed by atoms with van der Waals surface area (Å²) in [5, 5.41) is 25.2. The number of hydrogen-bond donors (Lipinski definition) is 6. The van der Waals surface area contributed by atoms with Gasteiger partial charge in [0.2, 0.25) is 17.7 Å². The van der Waals surface area contributed by atoms with Crippen molar-refractivity contribution < 1.29 is 29.4 Å². The molecule has 7 N–H and O–H groups in total. The number of aliphatic hydroxyl groups excluding tert-OH is 1. The first-order chi connectivity index (χ1) is 13.1. The molecule has 0 bridgehead atoms. The van der Waals surface area contributed by atoms with Gasteiger partial charge in [0.25, 0.3) is 0 Å². The second-order valence-electron chi connectivity index (χ2n) is 6.35. The van der Waals surface area contributed by atoms with Crippen LogP contribution in [0.5, 0.6) is 0 Å². The second kappa shape index (κ2) is 11.0. The van der Waals surface area contributed by atoms with Crippen molar-refractivity contribution in [3.05, 3.63) is 35.9 Å². The van der Waals surface area contributed by atoms with Gasteiger partial charge < -0.3 is 31.9 Å². The van der Waals surface area contributed by atoms with Gasteiger partial charge in [0.1, 0.15) is 18.1 Å². The van der Waals surface area contributed by atoms with Gasteiger partial charge in [0.05, 0.1) is 12.6 Å². The molecule has 4 unspecified atom stereocenters. The van der Waals surface area contributed by atoms with Crippen LogP contribution in [0.4, 0.5) is 0 Å². The molecule has 1 rings (SSSR count). The molecule has 0 aromatic heterocycles. The van der Waals surface area contributed by atoms with E-state index >= 15 is 0 Å². The molecule has 0 saturated carbocycles. The fourth-order valence-corrected chi connectivity index (χ4v) is 2.22. The summed E-state index contributed by atoms with van der Waals surface area (Å²) in [6, 6.07) is 4.40. The lowest BCUT2D eigenvalue weighted by molar-refractivity contribution is -0.143. The fourth-order valence-electron chi connectivity index (χ4n) is 2.22. The van der Waals surface area contributed by atoms with E-state index in [-0.39, 0.29) is 6.42 Å². The minimum absolute atomic E-state index is 0.0874. The molecule has 154 valence electrons. The Kier molecular flexibility index (Phi) is 9.06. The lowest BCUT2D eigenvalue weighted by atomic mass is 10.0. The smallest absolute Gasteiger partial charge is 0.328 e. The number of nitrogens with two attached hydrogens (primary N) is 1. The topological polar surface area (TPSA) is 171 Å². The molecule has 10 nitrogen and oxygen atoms in total. The molecule has 1 aromatic carbocycles. The van der Waals surface area contributed by atoms with Crippen LogP contribution in [-0.4, -0.2) is 64.7 Å². The van der Waals surface area contributed by atoms with Crippen LogP contribution in [0.15, 0.2) is 30.3 Å². The van der Waals surface area contributed by atoms with Gasteiger partial charge in [-0.3, -0.25) is 14.4 Å². The van der Waals surface area contributed by atoms with Gasteiger partial charge in [-0.15, -0.1) is 0 Å². The van der Waals surface area contributed by atoms with Gasteiger partial charge in [-0.2, -0.15) is 0 Å². The molecule has 4 atom stereocenters. The molecule has 0 aliphatic heterocycles. The van der Waals surface area contributed by atoms with Crippen LogP contribution in [0.1, 0.15) is 19.4 Å². The third-order valence-corrected chi connectivity index (χ3v) is 3.88. The average Bonchev–Trinajstić information content (AvgIpc) is 2.65. The highest BCUT2D eigenvalue weighted by molar-refractivity contribution is 5.93. The molecular formula is C18H26N4O6. The van der Waals surface area contributed by atoms with E-state index in [0.29, 0.717) is 0 Å². The Balaban J connectivity index is 2.90. The first kappa shape index (κ1) is 23.1. The van der Waals surface area contributed by atoms with Crippen LogP contribution in [-0.2, 0) is 25.6 Å². The molecule has 0 saturated heterocycles. The molecule has 0 heterocycles. The van der Waals surface area contributed by atoms with Crippen LogP contribution in [0.25, 0.3) is 0 Å². The Hall–Kier alpha value is -2.98. The molecule has 0 fully saturated rings. The van der Waals surface area contributed by atoms with E-state index in [0.717, 1.165) is 5.56 Å². The quantitative estimate of drug-likeness (QED) is 0.270. The Morgan fingerprint density at radius 3 is 2.00 bits per heavy atom. The molecule has 3 amide bonds. The van der Waals surface area contributed by atoms with E-state index < -0.39 is 54.5 Å². The van der Waals surface area contributed by atoms with Gasteiger partial charge in [0, 0.05) is 6.42 Å². The number of nitrogens with one attached hydrogen (secondary N) is 3. The maximum atomic E-state index is 12.5. The van der Waals surface area contributed by atoms with Crippen molar-refractivity contribution in [3.8, 4) is 0 Å². The third-order valence-electron chi connectivity index (χ3n) is 3.88. The molecule has 0 aliphatic carbocycles. The highest BCUT2D eigenvalue weighted by Gasteiger charge is 2.28. The van der Waals surface area contributed by atoms with Gasteiger partial charge in [-0.1, -0.05) is 30.3 Å². The molecular weight excluding hydrogens is 368 g/mol. The number of carboxylic acid groups (broad SMARTS) is 1. The Labute approximate surface area is 162 Å². The van der Waals surface area contributed by atoms with Crippen molar-refractivity contribution in [2.45, 2.75) is 44.4 Å². The largest absolute Gasteiger partial charge is 0.480 e. The first-order valence-electron chi connectivity index (χ1n) is 8.70. The molecule has 10 heteroatoms. The summed E-state index contributed by atoms with van der Waals surface area (Å²) in [6.07, 6.45) is 0.0874. The van der Waals surface area contributed by atoms with Crippen molar-refractivity contribution >= 4 is 23.7 Å². The molecule has 0 aliphatic rings. The number of carbonyl (C=O) groups excluding carboxylic acids is 3. The second-order valence-corrected chi connectivity index (χ2v) is 6.35. The number of benzene rings is 1. The Morgan fingerprint density at radius 2 is 1.50 bits per heavy atom. The van der Waals surface area contributed by atoms with E-state index in [1.807, 2.05) is 0 Å². The Bertz CT molecular complexity index is 695. The number of aliphatic carboxylic acids is 1. The number of amides is 3. The summed E-state index contributed by atoms with van der Waals surface area (Å²) in [4.78, 5) is 47.6. The summed E-state index contributed by atoms with van der Waals surface area (Å²) >= 11 is 0. The zero-order chi connectivity index (χ0) is 21.3. The maximum Gasteiger partial charge on any atom is 0.328 e. The third kappa shape index (κ3) is 7.33. The average molecular weight is 394 g/mol. The predicted molar refractivity (Wildman–Crippen MR) is 100.0 cm³/mol. The van der Waals surface area contributed by atoms with E-state index in [4.69, 9.17) is 15.9 Å². The van der Waals surface area contributed by atoms with Crippen molar-refractivity contribution in [2.75, 3.05) is 6.61 Å². The summed E-state index contributed by atoms with van der Waals surface area (Å²) < 4.78 is 0. The van der Waals surface area contributed by atoms with Gasteiger partial charge in [-0.05, 0) is 19.4 Å². The normalized spacial score (nSPS) is 14.9. The number of aliphatic hydroxyl groups is 1. The van der Waals surface area contributed by atoms with Crippen LogP contribution in [0, 0.1) is 0 Å². The zero-order valence-corrected chi connectivity index (χ0v) is 15.7. The first-order valence-corrected chi connectivity index (χ1v) is 8.70. The van der Waals surface area contributed by atoms with Crippen LogP contribution in [0.3, 0.4) is 0 Å². The van der Waals surface area contributed by atoms with E-state index in [2.05, 4.69) is 16.0 Å². The van der Waals surface area contributed by atoms with E-state index in [9.17, 15) is 19.2 Å². The van der Waals surface area contributed by atoms with Crippen molar-refractivity contribution in [3.63, 3.8) is 0 Å². The lowest BCUT2D eigenvalue weighted by Crippen LogP contribution is -2.57. The minimum Gasteiger partial charge on any atom is -0.480 e. The molecule has 28 heavy (non-hydrogen) atoms. The summed E-state index contributed by atoms with van der Waals surface area (Å²) in [7, 11) is 0. The zero-order valence-electron chi connectivity index (χ0n) is 15.7. The molecule has 0 spiro atoms. The van der Waals surface area contributed by atoms with Crippen molar-refractivity contribution in [2.24, 2.45) is 5.73 Å². The standard InChI is InChI=1S/C18H26N4O6/c1-10(19)15(24)20-11(2)16(25)21-13(8-12-6-4-3-5-7-12)17(26)22-14(9-23)18(27)28/h3-7,10-11,13-14,23H,8-9,19H2,1-2H3,(H,20,24)(H,21,25)(H,22,26)(H,27,28). The van der Waals surface area contributed by atoms with E-state index in [1.165, 1.54) is 13.8 Å². The Morgan fingerprint density at radius 1 is 0.929 bits per heavy atom. The van der Waals surface area contributed by atoms with E-state index in [1.54, 1.807) is 30.3 Å². The summed E-state index contributed by atoms with van der Waals surface area (Å²) in [5.74, 6) is -3.35. The number of carbonyl (C=O) groups is 4. The van der Waals surface area contributed by atoms with Crippen LogP contribution < -0.4 is 21.7 Å². The number of rotatable bonds is 10. The highest BCUT2D eigenvalue weighted by Crippen LogP contribution is 2.05. The minimum atomic E-state index is -1.50. The van der Waals surface area contributed by atoms with Crippen molar-refractivity contribution in [1.29, 1.82) is 0 Å². The maximum absolute atomic E-state index is 12.5. The van der Waals surface area contributed by atoms with Gasteiger partial charge in [0.15, 0.2) is 0 Å². The SMILES string of the molecule is CC(N)C(=O)NC(C)C(=O)NC(Cc1ccccc1)C(=O)NC(CO)C(=O)O. The molecule has 1 aromatic rings. The highest BCUT2D eigenvalue weighted by atomic mass is 16.4. The van der Waals surface area contributed by atoms with Crippen LogP contribution in [0.2, 0.25) is 0 Å². The number of carboxylic acids is 1. The number of hydrogen-bond acceptors (Lipinski definition) is 6.